The number of nitrogens with one attached hydrogen (secondary N) is 1. The number of anilines is 1. The maximum atomic E-state index is 12.0. The van der Waals surface area contributed by atoms with Crippen LogP contribution in [-0.2, 0) is 6.54 Å². The van der Waals surface area contributed by atoms with Crippen molar-refractivity contribution in [2.45, 2.75) is 51.7 Å². The number of hydrogen-bond acceptors (Lipinski definition) is 4. The van der Waals surface area contributed by atoms with Crippen LogP contribution >= 0.6 is 15.9 Å². The summed E-state index contributed by atoms with van der Waals surface area (Å²) in [5.41, 5.74) is -0.190. The van der Waals surface area contributed by atoms with Gasteiger partial charge in [-0.15, -0.1) is 0 Å². The zero-order chi connectivity index (χ0) is 14.8. The summed E-state index contributed by atoms with van der Waals surface area (Å²) in [5.74, 6) is 0.546. The van der Waals surface area contributed by atoms with Crippen molar-refractivity contribution in [2.24, 2.45) is 5.92 Å². The van der Waals surface area contributed by atoms with E-state index in [9.17, 15) is 9.90 Å². The Morgan fingerprint density at radius 3 is 3.05 bits per heavy atom. The number of nitrogens with zero attached hydrogens (tertiary/aromatic N) is 2. The van der Waals surface area contributed by atoms with E-state index in [4.69, 9.17) is 0 Å². The van der Waals surface area contributed by atoms with Gasteiger partial charge in [-0.3, -0.25) is 4.79 Å². The lowest BCUT2D eigenvalue weighted by atomic mass is 9.79. The predicted molar refractivity (Wildman–Crippen MR) is 82.9 cm³/mol. The number of aromatic nitrogens is 2. The van der Waals surface area contributed by atoms with Gasteiger partial charge in [0, 0.05) is 13.1 Å². The summed E-state index contributed by atoms with van der Waals surface area (Å²) >= 11 is 3.31. The largest absolute Gasteiger partial charge is 0.388 e. The molecule has 112 valence electrons. The third kappa shape index (κ3) is 3.41. The SMILES string of the molecule is CCn1ncc(NCC2(O)CCCC(C)C2)c(Br)c1=O. The summed E-state index contributed by atoms with van der Waals surface area (Å²) in [4.78, 5) is 12.0. The molecule has 2 atom stereocenters. The molecule has 6 heteroatoms. The number of halogens is 1. The Labute approximate surface area is 127 Å². The second-order valence-corrected chi connectivity index (χ2v) is 6.57. The zero-order valence-electron chi connectivity index (χ0n) is 12.0. The van der Waals surface area contributed by atoms with Crippen LogP contribution in [0.3, 0.4) is 0 Å². The Hall–Kier alpha value is -0.880. The van der Waals surface area contributed by atoms with Crippen molar-refractivity contribution in [3.63, 3.8) is 0 Å². The van der Waals surface area contributed by atoms with Crippen molar-refractivity contribution in [2.75, 3.05) is 11.9 Å². The predicted octanol–water partition coefficient (Wildman–Crippen LogP) is 2.38. The van der Waals surface area contributed by atoms with E-state index in [0.717, 1.165) is 19.3 Å². The van der Waals surface area contributed by atoms with Crippen LogP contribution in [0.1, 0.15) is 39.5 Å². The summed E-state index contributed by atoms with van der Waals surface area (Å²) in [6.07, 6.45) is 5.47. The Balaban J connectivity index is 2.07. The molecule has 0 aromatic carbocycles. The fourth-order valence-electron chi connectivity index (χ4n) is 2.87. The Kier molecular flexibility index (Phi) is 4.86. The van der Waals surface area contributed by atoms with Crippen LogP contribution in [-0.4, -0.2) is 27.0 Å². The molecule has 0 radical (unpaired) electrons. The van der Waals surface area contributed by atoms with E-state index >= 15 is 0 Å². The van der Waals surface area contributed by atoms with Gasteiger partial charge in [-0.1, -0.05) is 19.8 Å². The molecule has 1 aliphatic rings. The highest BCUT2D eigenvalue weighted by atomic mass is 79.9. The van der Waals surface area contributed by atoms with E-state index in [2.05, 4.69) is 33.3 Å². The molecular weight excluding hydrogens is 322 g/mol. The molecule has 1 aromatic rings. The van der Waals surface area contributed by atoms with Crippen LogP contribution in [0.2, 0.25) is 0 Å². The van der Waals surface area contributed by atoms with Crippen LogP contribution in [0.25, 0.3) is 0 Å². The average molecular weight is 344 g/mol. The van der Waals surface area contributed by atoms with E-state index in [1.165, 1.54) is 11.1 Å². The molecule has 1 aliphatic carbocycles. The van der Waals surface area contributed by atoms with Crippen LogP contribution in [0, 0.1) is 5.92 Å². The first kappa shape index (κ1) is 15.5. The third-order valence-electron chi connectivity index (χ3n) is 3.96. The van der Waals surface area contributed by atoms with Gasteiger partial charge in [-0.05, 0) is 41.6 Å². The summed E-state index contributed by atoms with van der Waals surface area (Å²) in [5, 5.41) is 17.8. The molecule has 0 saturated heterocycles. The van der Waals surface area contributed by atoms with Crippen molar-refractivity contribution < 1.29 is 5.11 Å². The lowest BCUT2D eigenvalue weighted by Gasteiger charge is -2.35. The van der Waals surface area contributed by atoms with Crippen LogP contribution in [0.5, 0.6) is 0 Å². The molecule has 20 heavy (non-hydrogen) atoms. The molecule has 0 amide bonds. The highest BCUT2D eigenvalue weighted by molar-refractivity contribution is 9.10. The monoisotopic (exact) mass is 343 g/mol. The normalized spacial score (nSPS) is 26.5. The second kappa shape index (κ2) is 6.26. The van der Waals surface area contributed by atoms with Crippen molar-refractivity contribution in [3.8, 4) is 0 Å². The fraction of sp³-hybridized carbons (Fsp3) is 0.714. The van der Waals surface area contributed by atoms with Gasteiger partial charge in [-0.2, -0.15) is 5.10 Å². The number of rotatable bonds is 4. The molecule has 0 bridgehead atoms. The molecule has 1 aromatic heterocycles. The molecule has 2 unspecified atom stereocenters. The first-order valence-electron chi connectivity index (χ1n) is 7.17. The summed E-state index contributed by atoms with van der Waals surface area (Å²) in [6, 6.07) is 0. The van der Waals surface area contributed by atoms with Crippen LogP contribution in [0.4, 0.5) is 5.69 Å². The highest BCUT2D eigenvalue weighted by Crippen LogP contribution is 2.32. The Morgan fingerprint density at radius 1 is 1.65 bits per heavy atom. The molecule has 0 aliphatic heterocycles. The van der Waals surface area contributed by atoms with E-state index in [0.29, 0.717) is 29.2 Å². The molecule has 1 heterocycles. The highest BCUT2D eigenvalue weighted by Gasteiger charge is 2.32. The topological polar surface area (TPSA) is 67.2 Å². The van der Waals surface area contributed by atoms with Crippen LogP contribution < -0.4 is 10.9 Å². The minimum absolute atomic E-state index is 0.151. The molecule has 5 nitrogen and oxygen atoms in total. The van der Waals surface area contributed by atoms with Crippen molar-refractivity contribution in [1.82, 2.24) is 9.78 Å². The maximum Gasteiger partial charge on any atom is 0.283 e. The lowest BCUT2D eigenvalue weighted by molar-refractivity contribution is -0.000781. The van der Waals surface area contributed by atoms with Crippen molar-refractivity contribution in [3.05, 3.63) is 21.0 Å². The third-order valence-corrected chi connectivity index (χ3v) is 4.73. The summed E-state index contributed by atoms with van der Waals surface area (Å²) in [6.45, 7) is 5.04. The van der Waals surface area contributed by atoms with Gasteiger partial charge < -0.3 is 10.4 Å². The Bertz CT molecular complexity index is 532. The van der Waals surface area contributed by atoms with Gasteiger partial charge >= 0.3 is 0 Å². The number of aryl methyl sites for hydroxylation is 1. The standard InChI is InChI=1S/C14H22BrN3O2/c1-3-18-13(19)12(15)11(8-17-18)16-9-14(20)6-4-5-10(2)7-14/h8,10,16,20H,3-7,9H2,1-2H3. The minimum Gasteiger partial charge on any atom is -0.388 e. The van der Waals surface area contributed by atoms with Gasteiger partial charge in [0.2, 0.25) is 0 Å². The average Bonchev–Trinajstić information content (AvgIpc) is 2.40. The van der Waals surface area contributed by atoms with Crippen molar-refractivity contribution in [1.29, 1.82) is 0 Å². The molecular formula is C14H22BrN3O2. The lowest BCUT2D eigenvalue weighted by Crippen LogP contribution is -2.41. The van der Waals surface area contributed by atoms with Gasteiger partial charge in [0.1, 0.15) is 4.47 Å². The van der Waals surface area contributed by atoms with E-state index in [1.54, 1.807) is 6.20 Å². The number of hydrogen-bond donors (Lipinski definition) is 2. The van der Waals surface area contributed by atoms with E-state index in [-0.39, 0.29) is 5.56 Å². The second-order valence-electron chi connectivity index (χ2n) is 5.77. The Morgan fingerprint density at radius 2 is 2.40 bits per heavy atom. The van der Waals surface area contributed by atoms with E-state index in [1.807, 2.05) is 6.92 Å². The quantitative estimate of drug-likeness (QED) is 0.880. The zero-order valence-corrected chi connectivity index (χ0v) is 13.6. The molecule has 2 N–H and O–H groups in total. The molecule has 2 rings (SSSR count). The van der Waals surface area contributed by atoms with Gasteiger partial charge in [0.15, 0.2) is 0 Å². The smallest absolute Gasteiger partial charge is 0.283 e. The summed E-state index contributed by atoms with van der Waals surface area (Å²) < 4.78 is 1.87. The van der Waals surface area contributed by atoms with Crippen molar-refractivity contribution >= 4 is 21.6 Å². The minimum atomic E-state index is -0.684. The molecule has 1 fully saturated rings. The molecule has 1 saturated carbocycles. The molecule has 0 spiro atoms. The van der Waals surface area contributed by atoms with E-state index < -0.39 is 5.60 Å². The summed E-state index contributed by atoms with van der Waals surface area (Å²) in [7, 11) is 0. The maximum absolute atomic E-state index is 12.0. The fourth-order valence-corrected chi connectivity index (χ4v) is 3.31. The first-order chi connectivity index (χ1) is 9.45. The van der Waals surface area contributed by atoms with Crippen LogP contribution in [0.15, 0.2) is 15.5 Å². The van der Waals surface area contributed by atoms with Gasteiger partial charge in [0.05, 0.1) is 17.5 Å². The number of aliphatic hydroxyl groups is 1. The first-order valence-corrected chi connectivity index (χ1v) is 7.96. The van der Waals surface area contributed by atoms with Gasteiger partial charge in [-0.25, -0.2) is 4.68 Å². The van der Waals surface area contributed by atoms with Gasteiger partial charge in [0.25, 0.3) is 5.56 Å².